The van der Waals surface area contributed by atoms with E-state index in [1.807, 2.05) is 152 Å². The van der Waals surface area contributed by atoms with Crippen LogP contribution in [0, 0.1) is 0 Å². The molecule has 4 unspecified atom stereocenters. The first-order valence-corrected chi connectivity index (χ1v) is 45.2. The number of carbonyl (C=O) groups is 13. The van der Waals surface area contributed by atoms with Crippen molar-refractivity contribution >= 4 is 77.8 Å². The lowest BCUT2D eigenvalue weighted by Crippen LogP contribution is -2.33. The molecule has 5 fully saturated rings. The van der Waals surface area contributed by atoms with Gasteiger partial charge in [-0.05, 0) is 133 Å². The minimum Gasteiger partial charge on any atom is -0.466 e. The molecule has 5 saturated heterocycles. The second-order valence-corrected chi connectivity index (χ2v) is 30.4. The van der Waals surface area contributed by atoms with Gasteiger partial charge in [-0.25, -0.2) is 24.0 Å². The maximum absolute atomic E-state index is 11.6. The van der Waals surface area contributed by atoms with Crippen molar-refractivity contribution < 1.29 is 171 Å². The maximum Gasteiger partial charge on any atom is 0.508 e. The molecule has 5 aliphatic heterocycles. The average Bonchev–Trinajstić information content (AvgIpc) is 1.12. The molecule has 0 bridgehead atoms. The molecule has 0 aliphatic carbocycles. The van der Waals surface area contributed by atoms with Crippen LogP contribution in [0.15, 0.2) is 152 Å². The summed E-state index contributed by atoms with van der Waals surface area (Å²) >= 11 is 0. The van der Waals surface area contributed by atoms with Gasteiger partial charge in [0, 0.05) is 73.4 Å². The van der Waals surface area contributed by atoms with Crippen LogP contribution in [0.3, 0.4) is 0 Å². The molecule has 135 heavy (non-hydrogen) atoms. The molecule has 0 amide bonds. The van der Waals surface area contributed by atoms with Crippen molar-refractivity contribution in [1.82, 2.24) is 0 Å². The third-order valence-electron chi connectivity index (χ3n) is 18.2. The van der Waals surface area contributed by atoms with Gasteiger partial charge < -0.3 is 123 Å². The highest BCUT2D eigenvalue weighted by Gasteiger charge is 2.23. The van der Waals surface area contributed by atoms with E-state index < -0.39 is 30.8 Å². The SMILES string of the molecule is COCC(COC(=O)OCCC(C)=O)OCc1ccccc1.COCC(COC(=O)OCCCC(C)=O)OCc1ccccc1.COCC(COC(=O)OCCCCC(C)=O)OCc1ccccc1.COCC(COC(=O)OCCCCCC(C)=O)OCc1ccccc1.O=C1CCCCCO1.O=C1CCCCO1.O=C1CCCO1.O=C1CCO1.O=C1OCC(OCc2ccccc2)CO1. The fourth-order valence-corrected chi connectivity index (χ4v) is 10.9. The molecular formula is C99H140O36. The van der Waals surface area contributed by atoms with Crippen LogP contribution in [0.2, 0.25) is 0 Å². The molecule has 10 rings (SSSR count). The fourth-order valence-electron chi connectivity index (χ4n) is 10.9. The van der Waals surface area contributed by atoms with Gasteiger partial charge in [-0.3, -0.25) is 24.0 Å². The van der Waals surface area contributed by atoms with E-state index >= 15 is 0 Å². The van der Waals surface area contributed by atoms with E-state index in [-0.39, 0.29) is 150 Å². The molecule has 0 radical (unpaired) electrons. The molecule has 752 valence electrons. The zero-order valence-corrected chi connectivity index (χ0v) is 79.4. The van der Waals surface area contributed by atoms with Crippen LogP contribution in [0.25, 0.3) is 0 Å². The van der Waals surface area contributed by atoms with Crippen LogP contribution in [0.1, 0.15) is 184 Å². The Bertz CT molecular complexity index is 3910. The summed E-state index contributed by atoms with van der Waals surface area (Å²) in [6.07, 6.45) is 9.27. The highest BCUT2D eigenvalue weighted by molar-refractivity contribution is 5.77. The number of carbonyl (C=O) groups excluding carboxylic acids is 13. The predicted molar refractivity (Wildman–Crippen MR) is 488 cm³/mol. The third-order valence-corrected chi connectivity index (χ3v) is 18.2. The first-order valence-electron chi connectivity index (χ1n) is 45.2. The van der Waals surface area contributed by atoms with Crippen LogP contribution in [0.5, 0.6) is 0 Å². The number of Topliss-reactive ketones (excluding diaryl/α,β-unsaturated/α-hetero) is 4. The minimum atomic E-state index is -0.814. The molecule has 0 aromatic heterocycles. The van der Waals surface area contributed by atoms with Gasteiger partial charge in [-0.15, -0.1) is 0 Å². The molecule has 4 atom stereocenters. The quantitative estimate of drug-likeness (QED) is 0.0198. The van der Waals surface area contributed by atoms with Crippen molar-refractivity contribution in [3.63, 3.8) is 0 Å². The summed E-state index contributed by atoms with van der Waals surface area (Å²) in [6, 6.07) is 48.7. The summed E-state index contributed by atoms with van der Waals surface area (Å²) in [5.41, 5.74) is 5.21. The molecule has 0 spiro atoms. The third kappa shape index (κ3) is 73.7. The number of ether oxygens (including phenoxy) is 23. The molecule has 5 aromatic carbocycles. The van der Waals surface area contributed by atoms with Gasteiger partial charge in [0.05, 0.1) is 106 Å². The number of methoxy groups -OCH3 is 4. The Morgan fingerprint density at radius 1 is 0.281 bits per heavy atom. The summed E-state index contributed by atoms with van der Waals surface area (Å²) in [5, 5.41) is 0. The van der Waals surface area contributed by atoms with Gasteiger partial charge in [-0.1, -0.05) is 152 Å². The molecule has 5 heterocycles. The zero-order valence-electron chi connectivity index (χ0n) is 79.4. The highest BCUT2D eigenvalue weighted by atomic mass is 16.8. The van der Waals surface area contributed by atoms with Crippen LogP contribution < -0.4 is 0 Å². The average molecular weight is 1910 g/mol. The number of cyclic esters (lactones) is 6. The van der Waals surface area contributed by atoms with Gasteiger partial charge in [-0.2, -0.15) is 0 Å². The van der Waals surface area contributed by atoms with Gasteiger partial charge >= 0.3 is 54.7 Å². The summed E-state index contributed by atoms with van der Waals surface area (Å²) in [7, 11) is 6.23. The van der Waals surface area contributed by atoms with E-state index in [2.05, 4.69) is 14.2 Å². The molecule has 5 aromatic rings. The van der Waals surface area contributed by atoms with Gasteiger partial charge in [0.15, 0.2) is 0 Å². The molecule has 36 heteroatoms. The number of esters is 4. The summed E-state index contributed by atoms with van der Waals surface area (Å²) < 4.78 is 116. The standard InChI is InChI=1S/C19H28O6.C18H26O6.C17H24O6.C16H22O6.C11H12O4.C6H10O2.C5H8O2.C4H6O2.C3H4O2/c1-16(20)9-5-4-8-12-23-19(21)25-15-18(14-22-2)24-13-17-10-6-3-7-11-17;1-15(19)8-6-7-11-22-18(20)24-14-17(13-21-2)23-12-16-9-4-3-5-10-16;1-14(18)7-6-10-21-17(19)23-13-16(12-20-2)22-11-15-8-4-3-5-9-15;1-13(17)8-9-20-16(18)22-12-15(11-19-2)21-10-14-6-4-3-5-7-14;12-11-14-7-10(8-15-11)13-6-9-4-2-1-3-5-9;7-6-4-2-1-3-5-8-6;6-5-3-1-2-4-7-5;5-4-2-1-3-6-4;4-3-1-2-5-3/h3,6-7,10-11,18H,4-5,8-9,12-15H2,1-2H3;3-5,9-10,17H,6-8,11-14H2,1-2H3;3-5,8-9,16H,6-7,10-13H2,1-2H3;3-7,15H,8-12H2,1-2H3;1-5,10H,6-8H2;1-5H2;1-4H2;1-3H2;1-2H2. The highest BCUT2D eigenvalue weighted by Crippen LogP contribution is 2.15. The molecule has 0 saturated carbocycles. The number of ketones is 4. The lowest BCUT2D eigenvalue weighted by molar-refractivity contribution is -0.157. The van der Waals surface area contributed by atoms with Crippen LogP contribution in [-0.2, 0) is 180 Å². The van der Waals surface area contributed by atoms with E-state index in [0.29, 0.717) is 157 Å². The predicted octanol–water partition coefficient (Wildman–Crippen LogP) is 15.6. The Morgan fingerprint density at radius 3 is 0.859 bits per heavy atom. The first kappa shape index (κ1) is 120. The van der Waals surface area contributed by atoms with Crippen molar-refractivity contribution in [3.05, 3.63) is 179 Å². The van der Waals surface area contributed by atoms with Crippen molar-refractivity contribution in [2.45, 2.75) is 220 Å². The fraction of sp³-hybridized carbons (Fsp3) is 0.566. The number of hydrogen-bond donors (Lipinski definition) is 0. The molecular weight excluding hydrogens is 1770 g/mol. The van der Waals surface area contributed by atoms with E-state index in [1.165, 1.54) is 13.8 Å². The van der Waals surface area contributed by atoms with Crippen LogP contribution in [0.4, 0.5) is 24.0 Å². The van der Waals surface area contributed by atoms with E-state index in [9.17, 15) is 62.3 Å². The summed E-state index contributed by atoms with van der Waals surface area (Å²) in [6.45, 7) is 13.5. The molecule has 0 N–H and O–H groups in total. The minimum absolute atomic E-state index is 0.0218. The second kappa shape index (κ2) is 82.1. The number of rotatable bonds is 49. The topological polar surface area (TPSA) is 434 Å². The lowest BCUT2D eigenvalue weighted by atomic mass is 10.1. The van der Waals surface area contributed by atoms with Crippen LogP contribution >= 0.6 is 0 Å². The number of benzene rings is 5. The van der Waals surface area contributed by atoms with E-state index in [0.717, 1.165) is 79.2 Å². The largest absolute Gasteiger partial charge is 0.508 e. The van der Waals surface area contributed by atoms with Gasteiger partial charge in [0.2, 0.25) is 0 Å². The van der Waals surface area contributed by atoms with E-state index in [4.69, 9.17) is 94.7 Å². The summed E-state index contributed by atoms with van der Waals surface area (Å²) in [4.78, 5) is 140. The second-order valence-electron chi connectivity index (χ2n) is 30.4. The van der Waals surface area contributed by atoms with Crippen molar-refractivity contribution in [2.24, 2.45) is 0 Å². The normalized spacial score (nSPS) is 14.1. The first-order chi connectivity index (χ1) is 65.4. The van der Waals surface area contributed by atoms with Gasteiger partial charge in [0.25, 0.3) is 0 Å². The Balaban J connectivity index is 0.000000535. The monoisotopic (exact) mass is 1900 g/mol. The molecule has 36 nitrogen and oxygen atoms in total. The van der Waals surface area contributed by atoms with Crippen molar-refractivity contribution in [1.29, 1.82) is 0 Å². The Hall–Kier alpha value is -11.3. The van der Waals surface area contributed by atoms with Gasteiger partial charge in [0.1, 0.15) is 107 Å². The lowest BCUT2D eigenvalue weighted by Gasteiger charge is -2.21. The molecule has 5 aliphatic rings. The Morgan fingerprint density at radius 2 is 0.556 bits per heavy atom. The Kier molecular flexibility index (Phi) is 72.8. The van der Waals surface area contributed by atoms with Crippen molar-refractivity contribution in [2.75, 3.05) is 147 Å². The number of hydrogen-bond acceptors (Lipinski definition) is 36. The van der Waals surface area contributed by atoms with E-state index in [1.54, 1.807) is 42.3 Å². The zero-order chi connectivity index (χ0) is 98.6. The number of unbranched alkanes of at least 4 members (excludes halogenated alkanes) is 3. The smallest absolute Gasteiger partial charge is 0.466 e. The Labute approximate surface area is 792 Å². The van der Waals surface area contributed by atoms with Crippen molar-refractivity contribution in [3.8, 4) is 0 Å². The van der Waals surface area contributed by atoms with Crippen LogP contribution in [-0.4, -0.2) is 256 Å². The maximum atomic E-state index is 11.6. The summed E-state index contributed by atoms with van der Waals surface area (Å²) in [5.74, 6) is 0.164.